The predicted molar refractivity (Wildman–Crippen MR) is 64.4 cm³/mol. The lowest BCUT2D eigenvalue weighted by molar-refractivity contribution is 0.221. The van der Waals surface area contributed by atoms with Crippen molar-refractivity contribution in [3.8, 4) is 0 Å². The fraction of sp³-hybridized carbons (Fsp3) is 0.500. The summed E-state index contributed by atoms with van der Waals surface area (Å²) in [5, 5.41) is 0. The summed E-state index contributed by atoms with van der Waals surface area (Å²) in [4.78, 5) is 2.47. The monoisotopic (exact) mass is 205 g/mol. The van der Waals surface area contributed by atoms with Crippen LogP contribution in [-0.2, 0) is 6.54 Å². The Kier molecular flexibility index (Phi) is 3.11. The number of likely N-dealkylation sites (tertiary alicyclic amines) is 1. The van der Waals surface area contributed by atoms with Crippen LogP contribution in [0.1, 0.15) is 24.8 Å². The summed E-state index contributed by atoms with van der Waals surface area (Å²) >= 11 is 0. The molecular formula is C12H19N3. The zero-order valence-corrected chi connectivity index (χ0v) is 9.08. The Morgan fingerprint density at radius 2 is 1.53 bits per heavy atom. The number of benzene rings is 1. The van der Waals surface area contributed by atoms with E-state index in [1.807, 2.05) is 12.1 Å². The Hall–Kier alpha value is -1.22. The van der Waals surface area contributed by atoms with E-state index < -0.39 is 0 Å². The molecule has 3 heteroatoms. The van der Waals surface area contributed by atoms with E-state index in [1.165, 1.54) is 37.9 Å². The molecule has 1 heterocycles. The van der Waals surface area contributed by atoms with Crippen molar-refractivity contribution < 1.29 is 0 Å². The first-order valence-corrected chi connectivity index (χ1v) is 5.61. The Bertz CT molecular complexity index is 309. The maximum Gasteiger partial charge on any atom is 0.0337 e. The summed E-state index contributed by atoms with van der Waals surface area (Å²) in [6.45, 7) is 3.39. The lowest BCUT2D eigenvalue weighted by Gasteiger charge is -2.26. The van der Waals surface area contributed by atoms with Gasteiger partial charge in [0, 0.05) is 17.9 Å². The van der Waals surface area contributed by atoms with E-state index in [0.29, 0.717) is 0 Å². The molecule has 0 saturated carbocycles. The largest absolute Gasteiger partial charge is 0.399 e. The van der Waals surface area contributed by atoms with Crippen molar-refractivity contribution in [1.29, 1.82) is 0 Å². The first-order valence-electron chi connectivity index (χ1n) is 5.61. The van der Waals surface area contributed by atoms with Crippen molar-refractivity contribution in [3.63, 3.8) is 0 Å². The van der Waals surface area contributed by atoms with E-state index in [9.17, 15) is 0 Å². The molecule has 3 nitrogen and oxygen atoms in total. The molecule has 0 spiro atoms. The highest BCUT2D eigenvalue weighted by atomic mass is 15.1. The van der Waals surface area contributed by atoms with Gasteiger partial charge in [-0.1, -0.05) is 6.42 Å². The van der Waals surface area contributed by atoms with Gasteiger partial charge in [0.05, 0.1) is 0 Å². The summed E-state index contributed by atoms with van der Waals surface area (Å²) in [7, 11) is 0. The van der Waals surface area contributed by atoms with E-state index in [4.69, 9.17) is 11.5 Å². The van der Waals surface area contributed by atoms with Crippen LogP contribution in [0.15, 0.2) is 18.2 Å². The first-order chi connectivity index (χ1) is 7.24. The maximum atomic E-state index is 5.77. The van der Waals surface area contributed by atoms with E-state index in [1.54, 1.807) is 6.07 Å². The lowest BCUT2D eigenvalue weighted by atomic mass is 10.1. The van der Waals surface area contributed by atoms with E-state index in [-0.39, 0.29) is 0 Å². The van der Waals surface area contributed by atoms with Gasteiger partial charge in [-0.15, -0.1) is 0 Å². The van der Waals surface area contributed by atoms with Crippen LogP contribution in [-0.4, -0.2) is 18.0 Å². The highest BCUT2D eigenvalue weighted by molar-refractivity contribution is 5.54. The minimum absolute atomic E-state index is 0.766. The highest BCUT2D eigenvalue weighted by Gasteiger charge is 2.10. The van der Waals surface area contributed by atoms with Crippen LogP contribution in [0.5, 0.6) is 0 Å². The molecule has 1 aromatic rings. The third kappa shape index (κ3) is 2.86. The summed E-state index contributed by atoms with van der Waals surface area (Å²) < 4.78 is 0. The van der Waals surface area contributed by atoms with E-state index in [0.717, 1.165) is 17.9 Å². The molecule has 0 amide bonds. The first kappa shape index (κ1) is 10.3. The van der Waals surface area contributed by atoms with Crippen LogP contribution in [0.2, 0.25) is 0 Å². The van der Waals surface area contributed by atoms with Gasteiger partial charge < -0.3 is 11.5 Å². The fourth-order valence-electron chi connectivity index (χ4n) is 2.21. The molecule has 1 saturated heterocycles. The fourth-order valence-corrected chi connectivity index (χ4v) is 2.21. The minimum Gasteiger partial charge on any atom is -0.399 e. The van der Waals surface area contributed by atoms with E-state index in [2.05, 4.69) is 4.90 Å². The van der Waals surface area contributed by atoms with Gasteiger partial charge in [-0.25, -0.2) is 0 Å². The van der Waals surface area contributed by atoms with Crippen molar-refractivity contribution in [2.45, 2.75) is 25.8 Å². The lowest BCUT2D eigenvalue weighted by Crippen LogP contribution is -2.29. The number of nitrogens with zero attached hydrogens (tertiary/aromatic N) is 1. The van der Waals surface area contributed by atoms with Crippen LogP contribution in [0.3, 0.4) is 0 Å². The molecule has 2 rings (SSSR count). The van der Waals surface area contributed by atoms with Gasteiger partial charge in [0.25, 0.3) is 0 Å². The molecule has 1 fully saturated rings. The summed E-state index contributed by atoms with van der Waals surface area (Å²) in [5.74, 6) is 0. The second-order valence-corrected chi connectivity index (χ2v) is 4.34. The quantitative estimate of drug-likeness (QED) is 0.724. The van der Waals surface area contributed by atoms with Crippen molar-refractivity contribution in [2.24, 2.45) is 0 Å². The number of hydrogen-bond donors (Lipinski definition) is 2. The predicted octanol–water partition coefficient (Wildman–Crippen LogP) is 1.84. The van der Waals surface area contributed by atoms with Crippen LogP contribution in [0, 0.1) is 0 Å². The van der Waals surface area contributed by atoms with Crippen LogP contribution >= 0.6 is 0 Å². The van der Waals surface area contributed by atoms with Crippen molar-refractivity contribution in [2.75, 3.05) is 24.6 Å². The topological polar surface area (TPSA) is 55.3 Å². The Morgan fingerprint density at radius 1 is 0.933 bits per heavy atom. The minimum atomic E-state index is 0.766. The second kappa shape index (κ2) is 4.53. The second-order valence-electron chi connectivity index (χ2n) is 4.34. The van der Waals surface area contributed by atoms with Gasteiger partial charge in [0.1, 0.15) is 0 Å². The molecule has 1 aromatic carbocycles. The molecule has 4 N–H and O–H groups in total. The summed E-state index contributed by atoms with van der Waals surface area (Å²) in [5.41, 5.74) is 14.3. The number of rotatable bonds is 2. The normalized spacial score (nSPS) is 17.9. The van der Waals surface area contributed by atoms with Gasteiger partial charge in [-0.2, -0.15) is 0 Å². The zero-order chi connectivity index (χ0) is 10.7. The molecule has 0 aromatic heterocycles. The third-order valence-electron chi connectivity index (χ3n) is 2.89. The maximum absolute atomic E-state index is 5.77. The SMILES string of the molecule is Nc1cc(N)cc(CN2CCCCC2)c1. The molecule has 82 valence electrons. The molecular weight excluding hydrogens is 186 g/mol. The van der Waals surface area contributed by atoms with Crippen molar-refractivity contribution in [1.82, 2.24) is 4.90 Å². The van der Waals surface area contributed by atoms with Gasteiger partial charge in [0.15, 0.2) is 0 Å². The smallest absolute Gasteiger partial charge is 0.0337 e. The molecule has 0 bridgehead atoms. The molecule has 0 aliphatic carbocycles. The summed E-state index contributed by atoms with van der Waals surface area (Å²) in [6.07, 6.45) is 4.01. The number of anilines is 2. The van der Waals surface area contributed by atoms with Gasteiger partial charge in [0.2, 0.25) is 0 Å². The molecule has 1 aliphatic rings. The van der Waals surface area contributed by atoms with Gasteiger partial charge >= 0.3 is 0 Å². The standard InChI is InChI=1S/C12H19N3/c13-11-6-10(7-12(14)8-11)9-15-4-2-1-3-5-15/h6-8H,1-5,9,13-14H2. The molecule has 1 aliphatic heterocycles. The molecule has 0 atom stereocenters. The van der Waals surface area contributed by atoms with Crippen molar-refractivity contribution >= 4 is 11.4 Å². The van der Waals surface area contributed by atoms with Crippen molar-refractivity contribution in [3.05, 3.63) is 23.8 Å². The van der Waals surface area contributed by atoms with Gasteiger partial charge in [-0.05, 0) is 49.7 Å². The Morgan fingerprint density at radius 3 is 2.13 bits per heavy atom. The van der Waals surface area contributed by atoms with Crippen LogP contribution in [0.25, 0.3) is 0 Å². The highest BCUT2D eigenvalue weighted by Crippen LogP contribution is 2.17. The van der Waals surface area contributed by atoms with E-state index >= 15 is 0 Å². The number of nitrogen functional groups attached to an aromatic ring is 2. The van der Waals surface area contributed by atoms with Crippen LogP contribution in [0.4, 0.5) is 11.4 Å². The number of piperidine rings is 1. The number of hydrogen-bond acceptors (Lipinski definition) is 3. The Balaban J connectivity index is 2.02. The Labute approximate surface area is 91.1 Å². The van der Waals surface area contributed by atoms with Gasteiger partial charge in [-0.3, -0.25) is 4.90 Å². The van der Waals surface area contributed by atoms with Crippen LogP contribution < -0.4 is 11.5 Å². The number of nitrogens with two attached hydrogens (primary N) is 2. The average molecular weight is 205 g/mol. The molecule has 0 unspecified atom stereocenters. The molecule has 15 heavy (non-hydrogen) atoms. The molecule has 0 radical (unpaired) electrons. The average Bonchev–Trinajstić information content (AvgIpc) is 2.17. The summed E-state index contributed by atoms with van der Waals surface area (Å²) in [6, 6.07) is 5.84. The third-order valence-corrected chi connectivity index (χ3v) is 2.89. The zero-order valence-electron chi connectivity index (χ0n) is 9.08.